The van der Waals surface area contributed by atoms with Crippen LogP contribution >= 0.6 is 0 Å². The molecule has 2 aromatic rings. The van der Waals surface area contributed by atoms with E-state index in [-0.39, 0.29) is 12.6 Å². The Labute approximate surface area is 177 Å². The highest BCUT2D eigenvalue weighted by Gasteiger charge is 2.33. The van der Waals surface area contributed by atoms with Crippen molar-refractivity contribution in [2.75, 3.05) is 20.2 Å². The standard InChI is InChI=1S/C22H28N2O3.CH2O2/c1-16-11-20(27-23-16)12-19-14-24(15-21(19)26-4)13-18-7-5-17(6-8-18)9-10-22(2,3)25;2-1-3/h5-8,11,19,21,25H,12-15H2,1-4H3;1H,(H,2,3)/t19-,21+;/m1./s1. The molecule has 0 bridgehead atoms. The fourth-order valence-electron chi connectivity index (χ4n) is 3.47. The highest BCUT2D eigenvalue weighted by atomic mass is 16.5. The first-order chi connectivity index (χ1) is 14.2. The largest absolute Gasteiger partial charge is 0.483 e. The minimum Gasteiger partial charge on any atom is -0.483 e. The second kappa shape index (κ2) is 10.9. The topological polar surface area (TPSA) is 96.0 Å². The van der Waals surface area contributed by atoms with Gasteiger partial charge in [0.2, 0.25) is 0 Å². The van der Waals surface area contributed by atoms with Crippen LogP contribution in [0.3, 0.4) is 0 Å². The maximum Gasteiger partial charge on any atom is 0.290 e. The van der Waals surface area contributed by atoms with Crippen molar-refractivity contribution < 1.29 is 24.3 Å². The Morgan fingerprint density at radius 1 is 1.33 bits per heavy atom. The van der Waals surface area contributed by atoms with Gasteiger partial charge in [-0.1, -0.05) is 29.1 Å². The van der Waals surface area contributed by atoms with Crippen molar-refractivity contribution >= 4 is 6.47 Å². The number of rotatable bonds is 5. The predicted molar refractivity (Wildman–Crippen MR) is 113 cm³/mol. The number of methoxy groups -OCH3 is 1. The Kier molecular flexibility index (Phi) is 8.60. The van der Waals surface area contributed by atoms with Gasteiger partial charge < -0.3 is 19.5 Å². The number of likely N-dealkylation sites (tertiary alicyclic amines) is 1. The average Bonchev–Trinajstić information content (AvgIpc) is 3.27. The fraction of sp³-hybridized carbons (Fsp3) is 0.478. The third-order valence-corrected chi connectivity index (χ3v) is 4.77. The van der Waals surface area contributed by atoms with Crippen molar-refractivity contribution in [3.8, 4) is 11.8 Å². The van der Waals surface area contributed by atoms with Gasteiger partial charge in [0.15, 0.2) is 0 Å². The summed E-state index contributed by atoms with van der Waals surface area (Å²) in [6.45, 7) is 7.82. The predicted octanol–water partition coefficient (Wildman–Crippen LogP) is 2.50. The lowest BCUT2D eigenvalue weighted by Crippen LogP contribution is -2.23. The molecular formula is C23H30N2O5. The van der Waals surface area contributed by atoms with Crippen LogP contribution in [0.4, 0.5) is 0 Å². The highest BCUT2D eigenvalue weighted by Crippen LogP contribution is 2.25. The van der Waals surface area contributed by atoms with E-state index in [9.17, 15) is 5.11 Å². The van der Waals surface area contributed by atoms with Crippen molar-refractivity contribution in [2.24, 2.45) is 5.92 Å². The lowest BCUT2D eigenvalue weighted by Gasteiger charge is -2.15. The molecule has 30 heavy (non-hydrogen) atoms. The number of carbonyl (C=O) groups is 1. The number of ether oxygens (including phenoxy) is 1. The van der Waals surface area contributed by atoms with Gasteiger partial charge >= 0.3 is 0 Å². The molecule has 7 nitrogen and oxygen atoms in total. The highest BCUT2D eigenvalue weighted by molar-refractivity contribution is 5.37. The van der Waals surface area contributed by atoms with Crippen LogP contribution in [-0.2, 0) is 22.5 Å². The van der Waals surface area contributed by atoms with Gasteiger partial charge in [-0.3, -0.25) is 9.69 Å². The lowest BCUT2D eigenvalue weighted by atomic mass is 10.0. The molecule has 1 aromatic heterocycles. The number of hydrogen-bond donors (Lipinski definition) is 2. The lowest BCUT2D eigenvalue weighted by molar-refractivity contribution is -0.122. The Balaban J connectivity index is 0.00000101. The number of nitrogens with zero attached hydrogens (tertiary/aromatic N) is 2. The Morgan fingerprint density at radius 3 is 2.53 bits per heavy atom. The molecule has 2 heterocycles. The van der Waals surface area contributed by atoms with E-state index in [0.717, 1.165) is 43.1 Å². The van der Waals surface area contributed by atoms with E-state index in [4.69, 9.17) is 19.2 Å². The number of carboxylic acid groups (broad SMARTS) is 1. The number of aryl methyl sites for hydroxylation is 1. The average molecular weight is 415 g/mol. The summed E-state index contributed by atoms with van der Waals surface area (Å²) >= 11 is 0. The number of hydrogen-bond acceptors (Lipinski definition) is 6. The third kappa shape index (κ3) is 7.64. The first kappa shape index (κ1) is 23.6. The molecule has 0 amide bonds. The Hall–Kier alpha value is -2.66. The van der Waals surface area contributed by atoms with Crippen molar-refractivity contribution in [2.45, 2.75) is 45.4 Å². The van der Waals surface area contributed by atoms with Crippen molar-refractivity contribution in [3.63, 3.8) is 0 Å². The monoisotopic (exact) mass is 414 g/mol. The van der Waals surface area contributed by atoms with E-state index in [0.29, 0.717) is 5.92 Å². The van der Waals surface area contributed by atoms with E-state index in [2.05, 4.69) is 34.0 Å². The zero-order chi connectivity index (χ0) is 22.1. The Bertz CT molecular complexity index is 858. The molecule has 1 aliphatic rings. The molecule has 0 saturated carbocycles. The Morgan fingerprint density at radius 2 is 2.00 bits per heavy atom. The van der Waals surface area contributed by atoms with Crippen molar-refractivity contribution in [3.05, 3.63) is 52.9 Å². The molecule has 0 aliphatic carbocycles. The number of aromatic nitrogens is 1. The van der Waals surface area contributed by atoms with Gasteiger partial charge in [-0.15, -0.1) is 0 Å². The van der Waals surface area contributed by atoms with Crippen LogP contribution in [0.2, 0.25) is 0 Å². The molecule has 2 N–H and O–H groups in total. The molecule has 1 saturated heterocycles. The van der Waals surface area contributed by atoms with Gasteiger partial charge in [0.05, 0.1) is 11.8 Å². The van der Waals surface area contributed by atoms with E-state index in [1.54, 1.807) is 21.0 Å². The third-order valence-electron chi connectivity index (χ3n) is 4.77. The first-order valence-corrected chi connectivity index (χ1v) is 9.83. The normalized spacial score (nSPS) is 18.8. The summed E-state index contributed by atoms with van der Waals surface area (Å²) < 4.78 is 11.1. The summed E-state index contributed by atoms with van der Waals surface area (Å²) in [6, 6.07) is 10.2. The van der Waals surface area contributed by atoms with Crippen molar-refractivity contribution in [1.29, 1.82) is 0 Å². The molecule has 3 rings (SSSR count). The minimum absolute atomic E-state index is 0.201. The molecular weight excluding hydrogens is 384 g/mol. The molecule has 1 fully saturated rings. The minimum atomic E-state index is -0.972. The number of benzene rings is 1. The zero-order valence-corrected chi connectivity index (χ0v) is 18.0. The molecule has 162 valence electrons. The van der Waals surface area contributed by atoms with E-state index < -0.39 is 5.60 Å². The smallest absolute Gasteiger partial charge is 0.290 e. The zero-order valence-electron chi connectivity index (χ0n) is 18.0. The molecule has 7 heteroatoms. The van der Waals surface area contributed by atoms with Gasteiger partial charge in [-0.25, -0.2) is 0 Å². The molecule has 0 radical (unpaired) electrons. The van der Waals surface area contributed by atoms with Gasteiger partial charge in [-0.05, 0) is 38.5 Å². The number of aliphatic hydroxyl groups is 1. The summed E-state index contributed by atoms with van der Waals surface area (Å²) in [5.41, 5.74) is 2.10. The van der Waals surface area contributed by atoms with Gasteiger partial charge in [0.25, 0.3) is 6.47 Å². The fourth-order valence-corrected chi connectivity index (χ4v) is 3.47. The van der Waals surface area contributed by atoms with Gasteiger partial charge in [0.1, 0.15) is 11.4 Å². The first-order valence-electron chi connectivity index (χ1n) is 9.83. The van der Waals surface area contributed by atoms with E-state index in [1.807, 2.05) is 25.1 Å². The van der Waals surface area contributed by atoms with Gasteiger partial charge in [0, 0.05) is 50.7 Å². The summed E-state index contributed by atoms with van der Waals surface area (Å²) in [5, 5.41) is 20.6. The van der Waals surface area contributed by atoms with E-state index in [1.165, 1.54) is 5.56 Å². The second-order valence-corrected chi connectivity index (χ2v) is 7.98. The van der Waals surface area contributed by atoms with Crippen LogP contribution < -0.4 is 0 Å². The molecule has 0 spiro atoms. The molecule has 2 atom stereocenters. The SMILES string of the molecule is CO[C@H]1CN(Cc2ccc(C#CC(C)(C)O)cc2)C[C@H]1Cc1cc(C)no1.O=CO. The molecule has 1 aromatic carbocycles. The summed E-state index contributed by atoms with van der Waals surface area (Å²) in [4.78, 5) is 10.8. The summed E-state index contributed by atoms with van der Waals surface area (Å²) in [7, 11) is 1.78. The van der Waals surface area contributed by atoms with Crippen LogP contribution in [0.5, 0.6) is 0 Å². The summed E-state index contributed by atoms with van der Waals surface area (Å²) in [6.07, 6.45) is 1.05. The maximum absolute atomic E-state index is 9.70. The molecule has 1 aliphatic heterocycles. The van der Waals surface area contributed by atoms with Crippen LogP contribution in [0.1, 0.15) is 36.4 Å². The summed E-state index contributed by atoms with van der Waals surface area (Å²) in [5.74, 6) is 7.18. The second-order valence-electron chi connectivity index (χ2n) is 7.98. The van der Waals surface area contributed by atoms with Crippen LogP contribution in [0.15, 0.2) is 34.9 Å². The molecule has 0 unspecified atom stereocenters. The van der Waals surface area contributed by atoms with Crippen LogP contribution in [0, 0.1) is 24.7 Å². The van der Waals surface area contributed by atoms with Crippen LogP contribution in [0.25, 0.3) is 0 Å². The quantitative estimate of drug-likeness (QED) is 0.573. The van der Waals surface area contributed by atoms with Gasteiger partial charge in [-0.2, -0.15) is 0 Å². The van der Waals surface area contributed by atoms with E-state index >= 15 is 0 Å². The van der Waals surface area contributed by atoms with Crippen LogP contribution in [-0.4, -0.2) is 58.6 Å². The maximum atomic E-state index is 9.70. The van der Waals surface area contributed by atoms with Crippen molar-refractivity contribution in [1.82, 2.24) is 10.1 Å².